The topological polar surface area (TPSA) is 68.3 Å². The zero-order valence-electron chi connectivity index (χ0n) is 9.91. The normalized spacial score (nSPS) is 25.5. The summed E-state index contributed by atoms with van der Waals surface area (Å²) >= 11 is 0. The van der Waals surface area contributed by atoms with Gasteiger partial charge in [-0.05, 0) is 12.5 Å². The van der Waals surface area contributed by atoms with Gasteiger partial charge in [0.1, 0.15) is 5.25 Å². The molecule has 0 aliphatic carbocycles. The molecule has 1 heterocycles. The summed E-state index contributed by atoms with van der Waals surface area (Å²) in [5, 5.41) is 0.0177. The Balaban J connectivity index is 2.52. The Hall–Kier alpha value is -1.14. The molecule has 0 bridgehead atoms. The van der Waals surface area contributed by atoms with Gasteiger partial charge >= 0.3 is 0 Å². The molecule has 0 spiro atoms. The zero-order chi connectivity index (χ0) is 13.4. The Labute approximate surface area is 107 Å². The fraction of sp³-hybridized carbons (Fsp3) is 0.333. The maximum atomic E-state index is 12.0. The van der Waals surface area contributed by atoms with Gasteiger partial charge in [0.15, 0.2) is 19.7 Å². The van der Waals surface area contributed by atoms with Crippen molar-refractivity contribution in [3.8, 4) is 0 Å². The number of rotatable bonds is 1. The SMILES string of the molecule is Cc1ccc(C2CS(=O)(=O)CC=CS2(=O)=O)cc1. The molecule has 18 heavy (non-hydrogen) atoms. The van der Waals surface area contributed by atoms with Crippen molar-refractivity contribution in [2.24, 2.45) is 0 Å². The molecule has 0 saturated heterocycles. The first-order valence-corrected chi connectivity index (χ1v) is 8.91. The first-order chi connectivity index (χ1) is 8.30. The van der Waals surface area contributed by atoms with Crippen LogP contribution >= 0.6 is 0 Å². The molecule has 6 heteroatoms. The number of hydrogen-bond acceptors (Lipinski definition) is 4. The molecular formula is C12H14O4S2. The molecule has 0 saturated carbocycles. The third-order valence-corrected chi connectivity index (χ3v) is 6.44. The Morgan fingerprint density at radius 3 is 2.28 bits per heavy atom. The van der Waals surface area contributed by atoms with E-state index in [0.717, 1.165) is 11.0 Å². The van der Waals surface area contributed by atoms with E-state index in [9.17, 15) is 16.8 Å². The lowest BCUT2D eigenvalue weighted by Crippen LogP contribution is -2.20. The van der Waals surface area contributed by atoms with E-state index >= 15 is 0 Å². The van der Waals surface area contributed by atoms with Crippen LogP contribution in [0.15, 0.2) is 35.7 Å². The molecule has 1 aromatic rings. The predicted octanol–water partition coefficient (Wildman–Crippen LogP) is 1.39. The maximum Gasteiger partial charge on any atom is 0.179 e. The van der Waals surface area contributed by atoms with Crippen LogP contribution in [0.3, 0.4) is 0 Å². The van der Waals surface area contributed by atoms with E-state index in [1.54, 1.807) is 24.3 Å². The van der Waals surface area contributed by atoms with Crippen LogP contribution in [0.2, 0.25) is 0 Å². The van der Waals surface area contributed by atoms with Crippen LogP contribution in [0.1, 0.15) is 16.4 Å². The molecule has 1 unspecified atom stereocenters. The smallest absolute Gasteiger partial charge is 0.179 e. The van der Waals surface area contributed by atoms with Gasteiger partial charge in [0.05, 0.1) is 11.5 Å². The van der Waals surface area contributed by atoms with E-state index in [0.29, 0.717) is 5.56 Å². The number of sulfone groups is 2. The minimum absolute atomic E-state index is 0.214. The van der Waals surface area contributed by atoms with Gasteiger partial charge in [0.2, 0.25) is 0 Å². The van der Waals surface area contributed by atoms with Crippen molar-refractivity contribution in [1.82, 2.24) is 0 Å². The van der Waals surface area contributed by atoms with Gasteiger partial charge in [0, 0.05) is 5.41 Å². The Morgan fingerprint density at radius 1 is 1.06 bits per heavy atom. The first kappa shape index (κ1) is 13.3. The van der Waals surface area contributed by atoms with E-state index in [1.807, 2.05) is 6.92 Å². The number of aryl methyl sites for hydroxylation is 1. The molecule has 1 atom stereocenters. The van der Waals surface area contributed by atoms with E-state index in [-0.39, 0.29) is 11.5 Å². The van der Waals surface area contributed by atoms with Crippen LogP contribution in [-0.2, 0) is 19.7 Å². The molecule has 2 rings (SSSR count). The zero-order valence-corrected chi connectivity index (χ0v) is 11.5. The highest BCUT2D eigenvalue weighted by atomic mass is 32.2. The summed E-state index contributed by atoms with van der Waals surface area (Å²) in [6.45, 7) is 1.89. The maximum absolute atomic E-state index is 12.0. The van der Waals surface area contributed by atoms with Gasteiger partial charge in [-0.25, -0.2) is 16.8 Å². The number of benzene rings is 1. The van der Waals surface area contributed by atoms with E-state index < -0.39 is 24.9 Å². The van der Waals surface area contributed by atoms with Gasteiger partial charge in [-0.2, -0.15) is 0 Å². The second-order valence-electron chi connectivity index (χ2n) is 4.44. The van der Waals surface area contributed by atoms with Crippen molar-refractivity contribution < 1.29 is 16.8 Å². The van der Waals surface area contributed by atoms with Crippen LogP contribution in [0.5, 0.6) is 0 Å². The summed E-state index contributed by atoms with van der Waals surface area (Å²) in [5.74, 6) is -0.569. The lowest BCUT2D eigenvalue weighted by Gasteiger charge is -2.14. The summed E-state index contributed by atoms with van der Waals surface area (Å²) in [4.78, 5) is 0. The number of hydrogen-bond donors (Lipinski definition) is 0. The highest BCUT2D eigenvalue weighted by molar-refractivity contribution is 7.97. The van der Waals surface area contributed by atoms with Crippen LogP contribution < -0.4 is 0 Å². The molecule has 98 valence electrons. The molecule has 1 aromatic carbocycles. The molecule has 0 radical (unpaired) electrons. The van der Waals surface area contributed by atoms with E-state index in [1.165, 1.54) is 6.08 Å². The monoisotopic (exact) mass is 286 g/mol. The minimum atomic E-state index is -3.56. The van der Waals surface area contributed by atoms with Crippen LogP contribution in [0.25, 0.3) is 0 Å². The summed E-state index contributed by atoms with van der Waals surface area (Å²) < 4.78 is 47.4. The average Bonchev–Trinajstić information content (AvgIpc) is 2.36. The van der Waals surface area contributed by atoms with Crippen molar-refractivity contribution in [1.29, 1.82) is 0 Å². The molecule has 0 fully saturated rings. The summed E-state index contributed by atoms with van der Waals surface area (Å²) in [7, 11) is -6.92. The van der Waals surface area contributed by atoms with Gasteiger partial charge < -0.3 is 0 Å². The highest BCUT2D eigenvalue weighted by Gasteiger charge is 2.32. The summed E-state index contributed by atoms with van der Waals surface area (Å²) in [6, 6.07) is 6.91. The molecule has 0 aromatic heterocycles. The molecule has 4 nitrogen and oxygen atoms in total. The molecule has 0 N–H and O–H groups in total. The third-order valence-electron chi connectivity index (χ3n) is 2.89. The Morgan fingerprint density at radius 2 is 1.67 bits per heavy atom. The van der Waals surface area contributed by atoms with E-state index in [4.69, 9.17) is 0 Å². The molecular weight excluding hydrogens is 272 g/mol. The third kappa shape index (κ3) is 2.81. The second-order valence-corrected chi connectivity index (χ2v) is 8.61. The fourth-order valence-corrected chi connectivity index (χ4v) is 5.65. The Bertz CT molecular complexity index is 667. The minimum Gasteiger partial charge on any atom is -0.228 e. The summed E-state index contributed by atoms with van der Waals surface area (Å²) in [6.07, 6.45) is 1.21. The largest absolute Gasteiger partial charge is 0.228 e. The van der Waals surface area contributed by atoms with Crippen molar-refractivity contribution in [3.63, 3.8) is 0 Å². The van der Waals surface area contributed by atoms with Gasteiger partial charge in [-0.1, -0.05) is 35.9 Å². The molecule has 0 amide bonds. The van der Waals surface area contributed by atoms with Gasteiger partial charge in [-0.15, -0.1) is 0 Å². The standard InChI is InChI=1S/C12H14O4S2/c1-10-3-5-11(6-4-10)12-9-17(13,14)7-2-8-18(12,15)16/h2-6,8,12H,7,9H2,1H3. The van der Waals surface area contributed by atoms with Crippen molar-refractivity contribution >= 4 is 19.7 Å². The van der Waals surface area contributed by atoms with Crippen LogP contribution in [-0.4, -0.2) is 28.3 Å². The first-order valence-electron chi connectivity index (χ1n) is 5.48. The predicted molar refractivity (Wildman–Crippen MR) is 70.6 cm³/mol. The summed E-state index contributed by atoms with van der Waals surface area (Å²) in [5.41, 5.74) is 1.53. The van der Waals surface area contributed by atoms with Gasteiger partial charge in [0.25, 0.3) is 0 Å². The lowest BCUT2D eigenvalue weighted by atomic mass is 10.1. The molecule has 1 aliphatic rings. The van der Waals surface area contributed by atoms with Crippen molar-refractivity contribution in [2.75, 3.05) is 11.5 Å². The fourth-order valence-electron chi connectivity index (χ4n) is 1.88. The van der Waals surface area contributed by atoms with Crippen LogP contribution in [0.4, 0.5) is 0 Å². The average molecular weight is 286 g/mol. The van der Waals surface area contributed by atoms with Crippen LogP contribution in [0, 0.1) is 6.92 Å². The van der Waals surface area contributed by atoms with Crippen molar-refractivity contribution in [3.05, 3.63) is 46.9 Å². The second kappa shape index (κ2) is 4.51. The molecule has 1 aliphatic heterocycles. The van der Waals surface area contributed by atoms with Crippen molar-refractivity contribution in [2.45, 2.75) is 12.2 Å². The highest BCUT2D eigenvalue weighted by Crippen LogP contribution is 2.28. The lowest BCUT2D eigenvalue weighted by molar-refractivity contribution is 0.584. The Kier molecular flexibility index (Phi) is 3.33. The quantitative estimate of drug-likeness (QED) is 0.782. The van der Waals surface area contributed by atoms with E-state index in [2.05, 4.69) is 0 Å². The van der Waals surface area contributed by atoms with Gasteiger partial charge in [-0.3, -0.25) is 0 Å².